The molecule has 0 spiro atoms. The van der Waals surface area contributed by atoms with Crippen LogP contribution in [0.15, 0.2) is 11.4 Å². The zero-order chi connectivity index (χ0) is 12.5. The Bertz CT molecular complexity index is 569. The molecule has 6 heteroatoms. The van der Waals surface area contributed by atoms with Crippen LogP contribution >= 0.6 is 34.3 Å². The molecule has 3 rings (SSSR count). The maximum atomic E-state index is 12.1. The Morgan fingerprint density at radius 2 is 2.39 bits per heavy atom. The van der Waals surface area contributed by atoms with Crippen LogP contribution in [0.25, 0.3) is 0 Å². The Balaban J connectivity index is 1.74. The van der Waals surface area contributed by atoms with Crippen molar-refractivity contribution in [1.29, 1.82) is 0 Å². The van der Waals surface area contributed by atoms with E-state index in [0.29, 0.717) is 11.0 Å². The number of rotatable bonds is 3. The van der Waals surface area contributed by atoms with Crippen molar-refractivity contribution in [2.24, 2.45) is 0 Å². The summed E-state index contributed by atoms with van der Waals surface area (Å²) in [5.74, 6) is 0.310. The summed E-state index contributed by atoms with van der Waals surface area (Å²) in [5, 5.41) is 5.30. The van der Waals surface area contributed by atoms with Gasteiger partial charge in [-0.25, -0.2) is 4.98 Å². The second kappa shape index (κ2) is 4.99. The standard InChI is InChI=1S/C12H11ClN2OS2/c13-5-8-6-17-12(14-8)15-11(16)10-4-7-2-1-3-9(7)18-10/h4,6H,1-3,5H2,(H,14,15,16). The third-order valence-electron chi connectivity index (χ3n) is 2.88. The van der Waals surface area contributed by atoms with Gasteiger partial charge in [-0.15, -0.1) is 34.3 Å². The molecule has 94 valence electrons. The van der Waals surface area contributed by atoms with Gasteiger partial charge in [0.15, 0.2) is 5.13 Å². The summed E-state index contributed by atoms with van der Waals surface area (Å²) in [4.78, 5) is 18.4. The minimum Gasteiger partial charge on any atom is -0.297 e. The summed E-state index contributed by atoms with van der Waals surface area (Å²) in [5.41, 5.74) is 2.14. The highest BCUT2D eigenvalue weighted by Crippen LogP contribution is 2.31. The van der Waals surface area contributed by atoms with Crippen molar-refractivity contribution in [3.8, 4) is 0 Å². The van der Waals surface area contributed by atoms with Crippen LogP contribution < -0.4 is 5.32 Å². The van der Waals surface area contributed by atoms with Crippen LogP contribution in [-0.2, 0) is 18.7 Å². The summed E-state index contributed by atoms with van der Waals surface area (Å²) in [7, 11) is 0. The number of hydrogen-bond donors (Lipinski definition) is 1. The second-order valence-corrected chi connectivity index (χ2v) is 6.41. The van der Waals surface area contributed by atoms with E-state index in [4.69, 9.17) is 11.6 Å². The first kappa shape index (κ1) is 12.1. The first-order chi connectivity index (χ1) is 8.76. The zero-order valence-electron chi connectivity index (χ0n) is 9.53. The lowest BCUT2D eigenvalue weighted by Crippen LogP contribution is -2.10. The topological polar surface area (TPSA) is 42.0 Å². The molecule has 1 aliphatic rings. The fourth-order valence-corrected chi connectivity index (χ4v) is 4.11. The molecular formula is C12H11ClN2OS2. The minimum atomic E-state index is -0.0649. The van der Waals surface area contributed by atoms with Crippen LogP contribution in [0.2, 0.25) is 0 Å². The van der Waals surface area contributed by atoms with Gasteiger partial charge in [0.05, 0.1) is 16.5 Å². The lowest BCUT2D eigenvalue weighted by atomic mass is 10.2. The SMILES string of the molecule is O=C(Nc1nc(CCl)cs1)c1cc2c(s1)CCC2. The van der Waals surface area contributed by atoms with E-state index in [1.807, 2.05) is 11.4 Å². The Hall–Kier alpha value is -0.910. The van der Waals surface area contributed by atoms with Gasteiger partial charge >= 0.3 is 0 Å². The first-order valence-electron chi connectivity index (χ1n) is 5.69. The number of amides is 1. The highest BCUT2D eigenvalue weighted by molar-refractivity contribution is 7.15. The lowest BCUT2D eigenvalue weighted by molar-refractivity contribution is 0.103. The Morgan fingerprint density at radius 3 is 3.11 bits per heavy atom. The second-order valence-electron chi connectivity index (χ2n) is 4.14. The number of thiazole rings is 1. The van der Waals surface area contributed by atoms with Gasteiger partial charge in [0.2, 0.25) is 0 Å². The zero-order valence-corrected chi connectivity index (χ0v) is 11.9. The first-order valence-corrected chi connectivity index (χ1v) is 7.92. The fraction of sp³-hybridized carbons (Fsp3) is 0.333. The van der Waals surface area contributed by atoms with Gasteiger partial charge in [-0.2, -0.15) is 0 Å². The van der Waals surface area contributed by atoms with Crippen molar-refractivity contribution in [2.45, 2.75) is 25.1 Å². The molecule has 1 aliphatic carbocycles. The number of fused-ring (bicyclic) bond motifs is 1. The summed E-state index contributed by atoms with van der Waals surface area (Å²) < 4.78 is 0. The molecule has 3 nitrogen and oxygen atoms in total. The Labute approximate surface area is 118 Å². The lowest BCUT2D eigenvalue weighted by Gasteiger charge is -1.98. The fourth-order valence-electron chi connectivity index (χ4n) is 2.03. The van der Waals surface area contributed by atoms with Crippen LogP contribution in [0.1, 0.15) is 32.2 Å². The predicted molar refractivity (Wildman–Crippen MR) is 76.0 cm³/mol. The van der Waals surface area contributed by atoms with Crippen molar-refractivity contribution >= 4 is 45.3 Å². The molecule has 2 aromatic rings. The molecule has 0 saturated heterocycles. The van der Waals surface area contributed by atoms with E-state index >= 15 is 0 Å². The number of aromatic nitrogens is 1. The van der Waals surface area contributed by atoms with E-state index in [2.05, 4.69) is 10.3 Å². The number of nitrogens with one attached hydrogen (secondary N) is 1. The van der Waals surface area contributed by atoms with Gasteiger partial charge < -0.3 is 0 Å². The van der Waals surface area contributed by atoms with Gasteiger partial charge in [0.1, 0.15) is 0 Å². The molecular weight excluding hydrogens is 288 g/mol. The van der Waals surface area contributed by atoms with E-state index in [1.54, 1.807) is 11.3 Å². The third kappa shape index (κ3) is 2.30. The van der Waals surface area contributed by atoms with Crippen LogP contribution in [0, 0.1) is 0 Å². The number of aryl methyl sites for hydroxylation is 2. The number of carbonyl (C=O) groups excluding carboxylic acids is 1. The average molecular weight is 299 g/mol. The van der Waals surface area contributed by atoms with Gasteiger partial charge in [0, 0.05) is 10.3 Å². The summed E-state index contributed by atoms with van der Waals surface area (Å²) in [6, 6.07) is 2.01. The Morgan fingerprint density at radius 1 is 1.50 bits per heavy atom. The number of thiophene rings is 1. The predicted octanol–water partition coefficient (Wildman–Crippen LogP) is 3.68. The maximum Gasteiger partial charge on any atom is 0.267 e. The molecule has 0 radical (unpaired) electrons. The van der Waals surface area contributed by atoms with Crippen molar-refractivity contribution in [1.82, 2.24) is 4.98 Å². The van der Waals surface area contributed by atoms with E-state index in [9.17, 15) is 4.79 Å². The van der Waals surface area contributed by atoms with Crippen LogP contribution in [0.3, 0.4) is 0 Å². The highest BCUT2D eigenvalue weighted by Gasteiger charge is 2.19. The molecule has 1 N–H and O–H groups in total. The van der Waals surface area contributed by atoms with Crippen LogP contribution in [-0.4, -0.2) is 10.9 Å². The molecule has 0 saturated carbocycles. The number of hydrogen-bond acceptors (Lipinski definition) is 4. The minimum absolute atomic E-state index is 0.0649. The van der Waals surface area contributed by atoms with Crippen molar-refractivity contribution in [3.05, 3.63) is 32.5 Å². The number of halogens is 1. The molecule has 0 aromatic carbocycles. The molecule has 2 heterocycles. The molecule has 0 fully saturated rings. The quantitative estimate of drug-likeness (QED) is 0.878. The average Bonchev–Trinajstić information content (AvgIpc) is 3.02. The van der Waals surface area contributed by atoms with Gasteiger partial charge in [0.25, 0.3) is 5.91 Å². The number of anilines is 1. The molecule has 0 bridgehead atoms. The van der Waals surface area contributed by atoms with Crippen molar-refractivity contribution in [3.63, 3.8) is 0 Å². The molecule has 2 aromatic heterocycles. The van der Waals surface area contributed by atoms with E-state index in [-0.39, 0.29) is 5.91 Å². The Kier molecular flexibility index (Phi) is 3.37. The highest BCUT2D eigenvalue weighted by atomic mass is 35.5. The molecule has 0 aliphatic heterocycles. The van der Waals surface area contributed by atoms with E-state index < -0.39 is 0 Å². The van der Waals surface area contributed by atoms with Gasteiger partial charge in [-0.1, -0.05) is 0 Å². The largest absolute Gasteiger partial charge is 0.297 e. The smallest absolute Gasteiger partial charge is 0.267 e. The number of alkyl halides is 1. The van der Waals surface area contributed by atoms with E-state index in [0.717, 1.165) is 23.4 Å². The molecule has 0 atom stereocenters. The number of carbonyl (C=O) groups is 1. The summed E-state index contributed by atoms with van der Waals surface area (Å²) >= 11 is 8.68. The van der Waals surface area contributed by atoms with Gasteiger partial charge in [-0.05, 0) is 30.9 Å². The normalized spacial score (nSPS) is 13.6. The van der Waals surface area contributed by atoms with Crippen molar-refractivity contribution < 1.29 is 4.79 Å². The van der Waals surface area contributed by atoms with Gasteiger partial charge in [-0.3, -0.25) is 10.1 Å². The summed E-state index contributed by atoms with van der Waals surface area (Å²) in [6.07, 6.45) is 3.43. The van der Waals surface area contributed by atoms with Crippen LogP contribution in [0.4, 0.5) is 5.13 Å². The monoisotopic (exact) mass is 298 g/mol. The summed E-state index contributed by atoms with van der Waals surface area (Å²) in [6.45, 7) is 0. The molecule has 0 unspecified atom stereocenters. The molecule has 1 amide bonds. The van der Waals surface area contributed by atoms with Crippen LogP contribution in [0.5, 0.6) is 0 Å². The third-order valence-corrected chi connectivity index (χ3v) is 5.20. The molecule has 18 heavy (non-hydrogen) atoms. The van der Waals surface area contributed by atoms with Crippen molar-refractivity contribution in [2.75, 3.05) is 5.32 Å². The maximum absolute atomic E-state index is 12.1. The van der Waals surface area contributed by atoms with E-state index in [1.165, 1.54) is 28.2 Å². The number of nitrogens with zero attached hydrogens (tertiary/aromatic N) is 1.